The van der Waals surface area contributed by atoms with Gasteiger partial charge in [-0.05, 0) is 31.0 Å². The van der Waals surface area contributed by atoms with Crippen LogP contribution in [0.2, 0.25) is 5.02 Å². The number of carbonyl (C=O) groups is 2. The monoisotopic (exact) mass is 281 g/mol. The molecule has 2 rings (SSSR count). The highest BCUT2D eigenvalue weighted by Crippen LogP contribution is 2.23. The van der Waals surface area contributed by atoms with E-state index in [1.54, 1.807) is 23.1 Å². The summed E-state index contributed by atoms with van der Waals surface area (Å²) in [6.07, 6.45) is 1.20. The fraction of sp³-hybridized carbons (Fsp3) is 0.385. The smallest absolute Gasteiger partial charge is 0.255 e. The van der Waals surface area contributed by atoms with Crippen molar-refractivity contribution in [1.29, 1.82) is 0 Å². The zero-order chi connectivity index (χ0) is 14.0. The Bertz CT molecular complexity index is 511. The summed E-state index contributed by atoms with van der Waals surface area (Å²) in [5.41, 5.74) is 11.9. The van der Waals surface area contributed by atoms with Crippen molar-refractivity contribution in [3.05, 3.63) is 28.8 Å². The van der Waals surface area contributed by atoms with Crippen molar-refractivity contribution in [1.82, 2.24) is 4.90 Å². The van der Waals surface area contributed by atoms with Gasteiger partial charge in [0.2, 0.25) is 5.91 Å². The lowest BCUT2D eigenvalue weighted by molar-refractivity contribution is -0.123. The Kier molecular flexibility index (Phi) is 3.95. The summed E-state index contributed by atoms with van der Waals surface area (Å²) in [6.45, 7) is 1.02. The van der Waals surface area contributed by atoms with E-state index in [0.717, 1.165) is 0 Å². The first-order valence-electron chi connectivity index (χ1n) is 6.12. The van der Waals surface area contributed by atoms with E-state index >= 15 is 0 Å². The van der Waals surface area contributed by atoms with E-state index in [-0.39, 0.29) is 17.7 Å². The molecule has 0 radical (unpaired) electrons. The third-order valence-corrected chi connectivity index (χ3v) is 3.67. The molecule has 6 heteroatoms. The van der Waals surface area contributed by atoms with Crippen molar-refractivity contribution in [2.75, 3.05) is 18.8 Å². The molecule has 1 aromatic carbocycles. The van der Waals surface area contributed by atoms with Gasteiger partial charge in [0, 0.05) is 29.7 Å². The SMILES string of the molecule is NC(=O)C1CCN(C(=O)c2cc(Cl)ccc2N)CC1. The first-order valence-corrected chi connectivity index (χ1v) is 6.50. The van der Waals surface area contributed by atoms with Gasteiger partial charge in [0.05, 0.1) is 5.56 Å². The van der Waals surface area contributed by atoms with Gasteiger partial charge in [-0.15, -0.1) is 0 Å². The molecule has 0 bridgehead atoms. The number of anilines is 1. The molecule has 0 atom stereocenters. The molecule has 1 aliphatic heterocycles. The summed E-state index contributed by atoms with van der Waals surface area (Å²) >= 11 is 5.88. The largest absolute Gasteiger partial charge is 0.398 e. The van der Waals surface area contributed by atoms with Crippen LogP contribution in [0.25, 0.3) is 0 Å². The summed E-state index contributed by atoms with van der Waals surface area (Å²) in [5.74, 6) is -0.585. The van der Waals surface area contributed by atoms with Crippen LogP contribution in [-0.2, 0) is 4.79 Å². The van der Waals surface area contributed by atoms with Gasteiger partial charge >= 0.3 is 0 Å². The van der Waals surface area contributed by atoms with Crippen molar-refractivity contribution in [2.24, 2.45) is 11.7 Å². The predicted octanol–water partition coefficient (Wildman–Crippen LogP) is 1.26. The lowest BCUT2D eigenvalue weighted by atomic mass is 9.96. The van der Waals surface area contributed by atoms with Crippen molar-refractivity contribution in [3.8, 4) is 0 Å². The Morgan fingerprint density at radius 1 is 1.26 bits per heavy atom. The highest BCUT2D eigenvalue weighted by molar-refractivity contribution is 6.31. The van der Waals surface area contributed by atoms with Gasteiger partial charge in [0.1, 0.15) is 0 Å². The van der Waals surface area contributed by atoms with Gasteiger partial charge in [0.15, 0.2) is 0 Å². The molecule has 1 fully saturated rings. The molecule has 0 aromatic heterocycles. The standard InChI is InChI=1S/C13H16ClN3O2/c14-9-1-2-11(15)10(7-9)13(19)17-5-3-8(4-6-17)12(16)18/h1-2,7-8H,3-6,15H2,(H2,16,18). The van der Waals surface area contributed by atoms with Crippen molar-refractivity contribution in [2.45, 2.75) is 12.8 Å². The van der Waals surface area contributed by atoms with Gasteiger partial charge in [-0.1, -0.05) is 11.6 Å². The van der Waals surface area contributed by atoms with Gasteiger partial charge in [-0.25, -0.2) is 0 Å². The first kappa shape index (κ1) is 13.7. The number of piperidine rings is 1. The number of halogens is 1. The highest BCUT2D eigenvalue weighted by Gasteiger charge is 2.27. The minimum atomic E-state index is -0.297. The molecular weight excluding hydrogens is 266 g/mol. The minimum absolute atomic E-state index is 0.138. The number of nitrogens with two attached hydrogens (primary N) is 2. The van der Waals surface area contributed by atoms with E-state index in [4.69, 9.17) is 23.1 Å². The fourth-order valence-electron chi connectivity index (χ4n) is 2.25. The van der Waals surface area contributed by atoms with E-state index < -0.39 is 0 Å². The zero-order valence-corrected chi connectivity index (χ0v) is 11.2. The lowest BCUT2D eigenvalue weighted by Gasteiger charge is -2.30. The van der Waals surface area contributed by atoms with E-state index in [9.17, 15) is 9.59 Å². The maximum Gasteiger partial charge on any atom is 0.255 e. The Morgan fingerprint density at radius 3 is 2.47 bits per heavy atom. The van der Waals surface area contributed by atoms with Crippen LogP contribution >= 0.6 is 11.6 Å². The highest BCUT2D eigenvalue weighted by atomic mass is 35.5. The summed E-state index contributed by atoms with van der Waals surface area (Å²) in [5, 5.41) is 0.476. The number of rotatable bonds is 2. The second-order valence-corrected chi connectivity index (χ2v) is 5.14. The summed E-state index contributed by atoms with van der Waals surface area (Å²) in [7, 11) is 0. The quantitative estimate of drug-likeness (QED) is 0.800. The van der Waals surface area contributed by atoms with Crippen LogP contribution in [0, 0.1) is 5.92 Å². The molecule has 0 spiro atoms. The van der Waals surface area contributed by atoms with E-state index in [2.05, 4.69) is 0 Å². The van der Waals surface area contributed by atoms with E-state index in [1.165, 1.54) is 0 Å². The lowest BCUT2D eigenvalue weighted by Crippen LogP contribution is -2.41. The number of carbonyl (C=O) groups excluding carboxylic acids is 2. The van der Waals surface area contributed by atoms with Crippen LogP contribution in [0.5, 0.6) is 0 Å². The topological polar surface area (TPSA) is 89.4 Å². The van der Waals surface area contributed by atoms with Gasteiger partial charge in [0.25, 0.3) is 5.91 Å². The molecule has 102 valence electrons. The second-order valence-electron chi connectivity index (χ2n) is 4.70. The predicted molar refractivity (Wildman–Crippen MR) is 73.7 cm³/mol. The average Bonchev–Trinajstić information content (AvgIpc) is 2.41. The third-order valence-electron chi connectivity index (χ3n) is 3.43. The van der Waals surface area contributed by atoms with Crippen LogP contribution in [-0.4, -0.2) is 29.8 Å². The van der Waals surface area contributed by atoms with Crippen LogP contribution in [0.4, 0.5) is 5.69 Å². The van der Waals surface area contributed by atoms with Crippen molar-refractivity contribution < 1.29 is 9.59 Å². The maximum absolute atomic E-state index is 12.3. The summed E-state index contributed by atoms with van der Waals surface area (Å²) in [6, 6.07) is 4.83. The Labute approximate surface area is 116 Å². The number of nitrogens with zero attached hydrogens (tertiary/aromatic N) is 1. The molecule has 1 aromatic rings. The minimum Gasteiger partial charge on any atom is -0.398 e. The maximum atomic E-state index is 12.3. The molecule has 0 unspecified atom stereocenters. The molecule has 1 heterocycles. The van der Waals surface area contributed by atoms with Crippen LogP contribution in [0.15, 0.2) is 18.2 Å². The molecular formula is C13H16ClN3O2. The Hall–Kier alpha value is -1.75. The number of likely N-dealkylation sites (tertiary alicyclic amines) is 1. The molecule has 2 amide bonds. The third kappa shape index (κ3) is 2.98. The number of primary amides is 1. The molecule has 5 nitrogen and oxygen atoms in total. The Morgan fingerprint density at radius 2 is 1.89 bits per heavy atom. The summed E-state index contributed by atoms with van der Waals surface area (Å²) < 4.78 is 0. The van der Waals surface area contributed by atoms with Gasteiger partial charge < -0.3 is 16.4 Å². The van der Waals surface area contributed by atoms with E-state index in [0.29, 0.717) is 42.2 Å². The number of benzene rings is 1. The number of hydrogen-bond acceptors (Lipinski definition) is 3. The van der Waals surface area contributed by atoms with Crippen LogP contribution < -0.4 is 11.5 Å². The molecule has 0 saturated carbocycles. The zero-order valence-electron chi connectivity index (χ0n) is 10.4. The van der Waals surface area contributed by atoms with Crippen LogP contribution in [0.3, 0.4) is 0 Å². The van der Waals surface area contributed by atoms with Crippen molar-refractivity contribution in [3.63, 3.8) is 0 Å². The van der Waals surface area contributed by atoms with Crippen molar-refractivity contribution >= 4 is 29.1 Å². The summed E-state index contributed by atoms with van der Waals surface area (Å²) in [4.78, 5) is 25.1. The van der Waals surface area contributed by atoms with Crippen LogP contribution in [0.1, 0.15) is 23.2 Å². The number of amides is 2. The van der Waals surface area contributed by atoms with Gasteiger partial charge in [-0.2, -0.15) is 0 Å². The fourth-order valence-corrected chi connectivity index (χ4v) is 2.42. The molecule has 0 aliphatic carbocycles. The molecule has 1 saturated heterocycles. The molecule has 19 heavy (non-hydrogen) atoms. The number of nitrogen functional groups attached to an aromatic ring is 1. The Balaban J connectivity index is 2.09. The van der Waals surface area contributed by atoms with Gasteiger partial charge in [-0.3, -0.25) is 9.59 Å². The molecule has 1 aliphatic rings. The normalized spacial score (nSPS) is 16.4. The van der Waals surface area contributed by atoms with E-state index in [1.807, 2.05) is 0 Å². The first-order chi connectivity index (χ1) is 8.99. The average molecular weight is 282 g/mol. The number of hydrogen-bond donors (Lipinski definition) is 2. The second kappa shape index (κ2) is 5.48. The molecule has 4 N–H and O–H groups in total.